The van der Waals surface area contributed by atoms with Crippen LogP contribution in [0.5, 0.6) is 0 Å². The van der Waals surface area contributed by atoms with Crippen molar-refractivity contribution < 1.29 is 26.3 Å². The Morgan fingerprint density at radius 1 is 1.00 bits per heavy atom. The second kappa shape index (κ2) is 2.30. The Bertz CT molecular complexity index is 115. The van der Waals surface area contributed by atoms with Gasteiger partial charge in [-0.1, -0.05) is 0 Å². The summed E-state index contributed by atoms with van der Waals surface area (Å²) in [5.74, 6) is -4.90. The lowest BCUT2D eigenvalue weighted by Crippen LogP contribution is -2.55. The molecule has 0 bridgehead atoms. The average molecular weight is 167 g/mol. The molecule has 0 aliphatic rings. The zero-order valence-electron chi connectivity index (χ0n) is 4.42. The topological polar surface area (TPSA) is 26.0 Å². The van der Waals surface area contributed by atoms with E-state index in [1.807, 2.05) is 0 Å². The van der Waals surface area contributed by atoms with Gasteiger partial charge in [-0.3, -0.25) is 5.73 Å². The van der Waals surface area contributed by atoms with Gasteiger partial charge in [-0.25, -0.2) is 13.2 Å². The van der Waals surface area contributed by atoms with Gasteiger partial charge in [0, 0.05) is 0 Å². The van der Waals surface area contributed by atoms with Gasteiger partial charge in [-0.2, -0.15) is 13.2 Å². The molecule has 0 heterocycles. The molecule has 0 fully saturated rings. The molecule has 1 unspecified atom stereocenters. The highest BCUT2D eigenvalue weighted by molar-refractivity contribution is 4.82. The van der Waals surface area contributed by atoms with E-state index in [9.17, 15) is 26.3 Å². The van der Waals surface area contributed by atoms with Gasteiger partial charge in [-0.15, -0.1) is 0 Å². The van der Waals surface area contributed by atoms with Gasteiger partial charge in [0.25, 0.3) is 6.43 Å². The van der Waals surface area contributed by atoms with Crippen molar-refractivity contribution in [3.8, 4) is 0 Å². The molecule has 2 N–H and O–H groups in total. The first-order valence-corrected chi connectivity index (χ1v) is 2.02. The van der Waals surface area contributed by atoms with Gasteiger partial charge in [0.05, 0.1) is 0 Å². The maximum absolute atomic E-state index is 11.6. The zero-order chi connectivity index (χ0) is 8.58. The lowest BCUT2D eigenvalue weighted by atomic mass is 10.3. The van der Waals surface area contributed by atoms with Crippen LogP contribution in [0.3, 0.4) is 0 Å². The van der Waals surface area contributed by atoms with E-state index < -0.39 is 18.4 Å². The monoisotopic (exact) mass is 167 g/mol. The minimum absolute atomic E-state index is 3.59. The number of hydrogen-bond acceptors (Lipinski definition) is 1. The van der Waals surface area contributed by atoms with Gasteiger partial charge in [0.15, 0.2) is 0 Å². The van der Waals surface area contributed by atoms with Gasteiger partial charge >= 0.3 is 12.0 Å². The smallest absolute Gasteiger partial charge is 0.286 e. The van der Waals surface area contributed by atoms with Crippen molar-refractivity contribution in [2.75, 3.05) is 0 Å². The minimum atomic E-state index is -5.72. The molecular formula is C3H3F6N. The number of nitrogens with two attached hydrogens (primary N) is 1. The van der Waals surface area contributed by atoms with E-state index in [2.05, 4.69) is 5.73 Å². The van der Waals surface area contributed by atoms with E-state index in [1.54, 1.807) is 0 Å². The van der Waals surface area contributed by atoms with Crippen LogP contribution in [-0.4, -0.2) is 18.4 Å². The molecule has 0 spiro atoms. The van der Waals surface area contributed by atoms with Gasteiger partial charge in [-0.05, 0) is 0 Å². The highest BCUT2D eigenvalue weighted by Crippen LogP contribution is 2.33. The molecule has 62 valence electrons. The summed E-state index contributed by atoms with van der Waals surface area (Å²) in [5, 5.41) is 0. The van der Waals surface area contributed by atoms with Crippen LogP contribution in [0.1, 0.15) is 0 Å². The second-order valence-corrected chi connectivity index (χ2v) is 1.57. The van der Waals surface area contributed by atoms with Crippen molar-refractivity contribution in [3.05, 3.63) is 0 Å². The molecule has 0 aromatic rings. The van der Waals surface area contributed by atoms with E-state index in [4.69, 9.17) is 0 Å². The second-order valence-electron chi connectivity index (χ2n) is 1.57. The van der Waals surface area contributed by atoms with E-state index in [-0.39, 0.29) is 0 Å². The third-order valence-corrected chi connectivity index (χ3v) is 0.752. The summed E-state index contributed by atoms with van der Waals surface area (Å²) >= 11 is 0. The molecule has 1 nitrogen and oxygen atoms in total. The molecule has 7 heteroatoms. The Hall–Kier alpha value is -0.460. The highest BCUT2D eigenvalue weighted by atomic mass is 19.4. The van der Waals surface area contributed by atoms with Crippen molar-refractivity contribution in [1.82, 2.24) is 0 Å². The van der Waals surface area contributed by atoms with Gasteiger partial charge in [0.2, 0.25) is 0 Å². The molecule has 0 saturated heterocycles. The lowest BCUT2D eigenvalue weighted by molar-refractivity contribution is -0.265. The van der Waals surface area contributed by atoms with Crippen LogP contribution in [-0.2, 0) is 0 Å². The quantitative estimate of drug-likeness (QED) is 0.464. The third kappa shape index (κ3) is 1.53. The van der Waals surface area contributed by atoms with Crippen LogP contribution in [0.15, 0.2) is 0 Å². The molecule has 0 aromatic carbocycles. The number of alkyl halides is 6. The summed E-state index contributed by atoms with van der Waals surface area (Å²) in [7, 11) is 0. The van der Waals surface area contributed by atoms with E-state index in [0.29, 0.717) is 0 Å². The van der Waals surface area contributed by atoms with Gasteiger partial charge in [0.1, 0.15) is 0 Å². The number of hydrogen-bond donors (Lipinski definition) is 1. The molecular weight excluding hydrogens is 164 g/mol. The minimum Gasteiger partial charge on any atom is -0.286 e. The van der Waals surface area contributed by atoms with Crippen LogP contribution in [0.4, 0.5) is 26.3 Å². The standard InChI is InChI=1S/C3H3F6N/c4-1(5)2(6,10)3(7,8)9/h1H,10H2. The summed E-state index contributed by atoms with van der Waals surface area (Å²) in [4.78, 5) is 0. The Morgan fingerprint density at radius 3 is 1.30 bits per heavy atom. The van der Waals surface area contributed by atoms with Crippen molar-refractivity contribution >= 4 is 0 Å². The van der Waals surface area contributed by atoms with Crippen LogP contribution >= 0.6 is 0 Å². The van der Waals surface area contributed by atoms with E-state index in [1.165, 1.54) is 0 Å². The number of rotatable bonds is 1. The van der Waals surface area contributed by atoms with E-state index >= 15 is 0 Å². The summed E-state index contributed by atoms with van der Waals surface area (Å²) in [6, 6.07) is 0. The molecule has 0 aromatic heterocycles. The first-order chi connectivity index (χ1) is 4.19. The van der Waals surface area contributed by atoms with E-state index in [0.717, 1.165) is 0 Å². The summed E-state index contributed by atoms with van der Waals surface area (Å²) in [5.41, 5.74) is 3.59. The van der Waals surface area contributed by atoms with Crippen LogP contribution in [0.25, 0.3) is 0 Å². The Kier molecular flexibility index (Phi) is 2.19. The third-order valence-electron chi connectivity index (χ3n) is 0.752. The predicted molar refractivity (Wildman–Crippen MR) is 20.1 cm³/mol. The average Bonchev–Trinajstić information content (AvgIpc) is 1.62. The molecule has 0 saturated carbocycles. The first-order valence-electron chi connectivity index (χ1n) is 2.02. The summed E-state index contributed by atoms with van der Waals surface area (Å²) < 4.78 is 67.1. The highest BCUT2D eigenvalue weighted by Gasteiger charge is 2.60. The molecule has 0 aliphatic carbocycles. The maximum atomic E-state index is 11.6. The Morgan fingerprint density at radius 2 is 1.30 bits per heavy atom. The maximum Gasteiger partial charge on any atom is 0.442 e. The van der Waals surface area contributed by atoms with Crippen LogP contribution in [0.2, 0.25) is 0 Å². The molecule has 10 heavy (non-hydrogen) atoms. The van der Waals surface area contributed by atoms with Gasteiger partial charge < -0.3 is 0 Å². The molecule has 0 aliphatic heterocycles. The Labute approximate surface area is 51.8 Å². The predicted octanol–water partition coefficient (Wildman–Crippen LogP) is 1.44. The Balaban J connectivity index is 4.40. The largest absolute Gasteiger partial charge is 0.442 e. The SMILES string of the molecule is NC(F)(C(F)F)C(F)(F)F. The number of halogens is 6. The lowest BCUT2D eigenvalue weighted by Gasteiger charge is -2.21. The first kappa shape index (κ1) is 9.54. The fourth-order valence-corrected chi connectivity index (χ4v) is 0.124. The van der Waals surface area contributed by atoms with Crippen LogP contribution < -0.4 is 5.73 Å². The normalized spacial score (nSPS) is 19.2. The molecule has 0 radical (unpaired) electrons. The summed E-state index contributed by atoms with van der Waals surface area (Å²) in [6.07, 6.45) is -9.98. The van der Waals surface area contributed by atoms with Crippen molar-refractivity contribution in [3.63, 3.8) is 0 Å². The molecule has 0 rings (SSSR count). The summed E-state index contributed by atoms with van der Waals surface area (Å²) in [6.45, 7) is 0. The fourth-order valence-electron chi connectivity index (χ4n) is 0.124. The van der Waals surface area contributed by atoms with Crippen molar-refractivity contribution in [2.45, 2.75) is 18.4 Å². The molecule has 1 atom stereocenters. The van der Waals surface area contributed by atoms with Crippen molar-refractivity contribution in [2.24, 2.45) is 5.73 Å². The molecule has 0 amide bonds. The van der Waals surface area contributed by atoms with Crippen LogP contribution in [0, 0.1) is 0 Å². The zero-order valence-corrected chi connectivity index (χ0v) is 4.42. The fraction of sp³-hybridized carbons (Fsp3) is 1.00. The van der Waals surface area contributed by atoms with Crippen molar-refractivity contribution in [1.29, 1.82) is 0 Å².